The zero-order chi connectivity index (χ0) is 11.3. The predicted octanol–water partition coefficient (Wildman–Crippen LogP) is 2.27. The number of hydrogen-bond acceptors (Lipinski definition) is 2. The zero-order valence-electron chi connectivity index (χ0n) is 8.87. The van der Waals surface area contributed by atoms with Gasteiger partial charge in [0.25, 0.3) is 5.56 Å². The Balaban J connectivity index is 0.00000108. The standard InChI is InChI=1S/C11H8FN3O.ClH/c1-5-9-10(15-14-5)7-4-6(12)2-3-8(7)13-11(9)16;/h2-4H,1H3,(H,13,16)(H,14,15);1H. The maximum Gasteiger partial charge on any atom is 0.259 e. The van der Waals surface area contributed by atoms with Gasteiger partial charge in [0.2, 0.25) is 0 Å². The maximum absolute atomic E-state index is 13.1. The van der Waals surface area contributed by atoms with Crippen LogP contribution in [0.25, 0.3) is 21.8 Å². The largest absolute Gasteiger partial charge is 0.321 e. The van der Waals surface area contributed by atoms with E-state index in [9.17, 15) is 9.18 Å². The first kappa shape index (κ1) is 11.6. The van der Waals surface area contributed by atoms with E-state index in [0.717, 1.165) is 0 Å². The Kier molecular flexibility index (Phi) is 2.63. The Morgan fingerprint density at radius 1 is 1.35 bits per heavy atom. The first-order valence-corrected chi connectivity index (χ1v) is 4.83. The second-order valence-electron chi connectivity index (χ2n) is 3.72. The number of aryl methyl sites for hydroxylation is 1. The highest BCUT2D eigenvalue weighted by Gasteiger charge is 2.10. The van der Waals surface area contributed by atoms with Gasteiger partial charge in [-0.2, -0.15) is 5.10 Å². The number of rotatable bonds is 0. The van der Waals surface area contributed by atoms with Gasteiger partial charge in [-0.15, -0.1) is 12.4 Å². The lowest BCUT2D eigenvalue weighted by molar-refractivity contribution is 0.629. The maximum atomic E-state index is 13.1. The third-order valence-electron chi connectivity index (χ3n) is 2.66. The molecule has 4 nitrogen and oxygen atoms in total. The Hall–Kier alpha value is -1.88. The van der Waals surface area contributed by atoms with E-state index >= 15 is 0 Å². The monoisotopic (exact) mass is 253 g/mol. The van der Waals surface area contributed by atoms with Gasteiger partial charge < -0.3 is 4.98 Å². The van der Waals surface area contributed by atoms with Crippen molar-refractivity contribution in [1.29, 1.82) is 0 Å². The average molecular weight is 254 g/mol. The number of halogens is 2. The summed E-state index contributed by atoms with van der Waals surface area (Å²) in [5, 5.41) is 7.87. The number of hydrogen-bond donors (Lipinski definition) is 2. The van der Waals surface area contributed by atoms with Crippen LogP contribution < -0.4 is 5.56 Å². The molecule has 0 saturated carbocycles. The molecular formula is C11H9ClFN3O. The van der Waals surface area contributed by atoms with Crippen molar-refractivity contribution in [1.82, 2.24) is 15.2 Å². The Morgan fingerprint density at radius 3 is 2.88 bits per heavy atom. The van der Waals surface area contributed by atoms with Gasteiger partial charge in [-0.3, -0.25) is 9.89 Å². The van der Waals surface area contributed by atoms with E-state index in [0.29, 0.717) is 27.5 Å². The molecule has 6 heteroatoms. The van der Waals surface area contributed by atoms with E-state index in [4.69, 9.17) is 0 Å². The number of H-pyrrole nitrogens is 2. The van der Waals surface area contributed by atoms with Gasteiger partial charge in [0.1, 0.15) is 11.3 Å². The van der Waals surface area contributed by atoms with Gasteiger partial charge in [-0.25, -0.2) is 4.39 Å². The molecule has 17 heavy (non-hydrogen) atoms. The Labute approximate surface area is 101 Å². The summed E-state index contributed by atoms with van der Waals surface area (Å²) >= 11 is 0. The van der Waals surface area contributed by atoms with Crippen LogP contribution in [0.2, 0.25) is 0 Å². The Bertz CT molecular complexity index is 762. The van der Waals surface area contributed by atoms with E-state index < -0.39 is 0 Å². The molecule has 1 aromatic carbocycles. The van der Waals surface area contributed by atoms with E-state index in [1.165, 1.54) is 18.2 Å². The fourth-order valence-electron chi connectivity index (χ4n) is 1.91. The first-order chi connectivity index (χ1) is 7.66. The molecule has 3 rings (SSSR count). The molecule has 0 fully saturated rings. The van der Waals surface area contributed by atoms with Gasteiger partial charge in [-0.1, -0.05) is 0 Å². The van der Waals surface area contributed by atoms with Crippen LogP contribution >= 0.6 is 12.4 Å². The van der Waals surface area contributed by atoms with Gasteiger partial charge in [0.15, 0.2) is 0 Å². The van der Waals surface area contributed by atoms with Gasteiger partial charge in [0.05, 0.1) is 10.9 Å². The highest BCUT2D eigenvalue weighted by atomic mass is 35.5. The first-order valence-electron chi connectivity index (χ1n) is 4.83. The average Bonchev–Trinajstić information content (AvgIpc) is 2.63. The summed E-state index contributed by atoms with van der Waals surface area (Å²) in [5.41, 5.74) is 1.57. The molecule has 88 valence electrons. The molecule has 0 radical (unpaired) electrons. The third kappa shape index (κ3) is 1.59. The van der Waals surface area contributed by atoms with Crippen molar-refractivity contribution in [3.63, 3.8) is 0 Å². The van der Waals surface area contributed by atoms with Gasteiger partial charge >= 0.3 is 0 Å². The van der Waals surface area contributed by atoms with Crippen LogP contribution in [0.5, 0.6) is 0 Å². The quantitative estimate of drug-likeness (QED) is 0.646. The zero-order valence-corrected chi connectivity index (χ0v) is 9.69. The van der Waals surface area contributed by atoms with Crippen molar-refractivity contribution >= 4 is 34.2 Å². The molecule has 0 atom stereocenters. The molecule has 0 aliphatic carbocycles. The topological polar surface area (TPSA) is 61.5 Å². The molecule has 2 heterocycles. The molecule has 0 unspecified atom stereocenters. The predicted molar refractivity (Wildman–Crippen MR) is 66.2 cm³/mol. The summed E-state index contributed by atoms with van der Waals surface area (Å²) in [6.45, 7) is 1.76. The van der Waals surface area contributed by atoms with Crippen LogP contribution in [0.15, 0.2) is 23.0 Å². The second kappa shape index (κ2) is 3.85. The number of nitrogens with zero attached hydrogens (tertiary/aromatic N) is 1. The number of fused-ring (bicyclic) bond motifs is 3. The molecule has 3 aromatic rings. The van der Waals surface area contributed by atoms with Crippen LogP contribution in [-0.4, -0.2) is 15.2 Å². The molecule has 0 aliphatic heterocycles. The van der Waals surface area contributed by atoms with Crippen LogP contribution in [-0.2, 0) is 0 Å². The summed E-state index contributed by atoms with van der Waals surface area (Å²) < 4.78 is 13.1. The molecule has 0 bridgehead atoms. The van der Waals surface area contributed by atoms with Crippen molar-refractivity contribution in [2.45, 2.75) is 6.92 Å². The fraction of sp³-hybridized carbons (Fsp3) is 0.0909. The van der Waals surface area contributed by atoms with E-state index in [-0.39, 0.29) is 23.8 Å². The smallest absolute Gasteiger partial charge is 0.259 e. The Morgan fingerprint density at radius 2 is 2.12 bits per heavy atom. The van der Waals surface area contributed by atoms with Crippen molar-refractivity contribution in [2.75, 3.05) is 0 Å². The molecule has 2 N–H and O–H groups in total. The summed E-state index contributed by atoms with van der Waals surface area (Å²) in [6, 6.07) is 4.22. The summed E-state index contributed by atoms with van der Waals surface area (Å²) in [6.07, 6.45) is 0. The molecule has 0 aliphatic rings. The van der Waals surface area contributed by atoms with Crippen molar-refractivity contribution < 1.29 is 4.39 Å². The van der Waals surface area contributed by atoms with Crippen LogP contribution in [0.1, 0.15) is 5.69 Å². The fourth-order valence-corrected chi connectivity index (χ4v) is 1.91. The molecule has 0 saturated heterocycles. The van der Waals surface area contributed by atoms with Crippen molar-refractivity contribution in [2.24, 2.45) is 0 Å². The number of nitrogens with one attached hydrogen (secondary N) is 2. The number of benzene rings is 1. The minimum Gasteiger partial charge on any atom is -0.321 e. The lowest BCUT2D eigenvalue weighted by atomic mass is 10.1. The van der Waals surface area contributed by atoms with Crippen molar-refractivity contribution in [3.05, 3.63) is 40.1 Å². The third-order valence-corrected chi connectivity index (χ3v) is 2.66. The van der Waals surface area contributed by atoms with Crippen LogP contribution in [0.4, 0.5) is 4.39 Å². The lowest BCUT2D eigenvalue weighted by Crippen LogP contribution is -2.06. The highest BCUT2D eigenvalue weighted by molar-refractivity contribution is 6.03. The van der Waals surface area contributed by atoms with Gasteiger partial charge in [0, 0.05) is 11.1 Å². The van der Waals surface area contributed by atoms with Crippen LogP contribution in [0, 0.1) is 12.7 Å². The normalized spacial score (nSPS) is 10.7. The number of aromatic amines is 2. The van der Waals surface area contributed by atoms with Crippen LogP contribution in [0.3, 0.4) is 0 Å². The minimum absolute atomic E-state index is 0. The van der Waals surface area contributed by atoms with E-state index in [1.807, 2.05) is 0 Å². The second-order valence-corrected chi connectivity index (χ2v) is 3.72. The van der Waals surface area contributed by atoms with E-state index in [1.54, 1.807) is 6.92 Å². The molecular weight excluding hydrogens is 245 g/mol. The summed E-state index contributed by atoms with van der Waals surface area (Å²) in [7, 11) is 0. The molecule has 0 amide bonds. The molecule has 2 aromatic heterocycles. The number of aromatic nitrogens is 3. The minimum atomic E-state index is -0.346. The number of pyridine rings is 1. The van der Waals surface area contributed by atoms with Crippen molar-refractivity contribution in [3.8, 4) is 0 Å². The summed E-state index contributed by atoms with van der Waals surface area (Å²) in [4.78, 5) is 14.5. The van der Waals surface area contributed by atoms with E-state index in [2.05, 4.69) is 15.2 Å². The summed E-state index contributed by atoms with van der Waals surface area (Å²) in [5.74, 6) is -0.346. The lowest BCUT2D eigenvalue weighted by Gasteiger charge is -1.98. The van der Waals surface area contributed by atoms with Gasteiger partial charge in [-0.05, 0) is 25.1 Å². The SMILES string of the molecule is Cc1[nH]nc2c1c(=O)[nH]c1ccc(F)cc12.Cl. The highest BCUT2D eigenvalue weighted by Crippen LogP contribution is 2.21. The molecule has 0 spiro atoms.